The number of carbonyl (C=O) groups is 1. The van der Waals surface area contributed by atoms with Gasteiger partial charge < -0.3 is 14.2 Å². The van der Waals surface area contributed by atoms with Crippen LogP contribution in [0.15, 0.2) is 41.5 Å². The molecule has 0 aromatic heterocycles. The van der Waals surface area contributed by atoms with Crippen LogP contribution in [0.1, 0.15) is 25.0 Å². The number of halogens is 1. The molecule has 1 amide bonds. The number of amides is 1. The highest BCUT2D eigenvalue weighted by Crippen LogP contribution is 2.28. The Morgan fingerprint density at radius 1 is 1.19 bits per heavy atom. The molecule has 0 bridgehead atoms. The van der Waals surface area contributed by atoms with Crippen molar-refractivity contribution in [3.05, 3.63) is 52.5 Å². The molecule has 27 heavy (non-hydrogen) atoms. The van der Waals surface area contributed by atoms with Crippen LogP contribution >= 0.6 is 11.6 Å². The molecule has 0 unspecified atom stereocenters. The van der Waals surface area contributed by atoms with Crippen LogP contribution in [0.5, 0.6) is 17.2 Å². The van der Waals surface area contributed by atoms with Gasteiger partial charge in [-0.3, -0.25) is 4.79 Å². The molecule has 2 rings (SSSR count). The van der Waals surface area contributed by atoms with Gasteiger partial charge in [0.1, 0.15) is 5.75 Å². The summed E-state index contributed by atoms with van der Waals surface area (Å²) in [6.45, 7) is 5.59. The van der Waals surface area contributed by atoms with E-state index in [1.165, 1.54) is 6.21 Å². The molecule has 0 aliphatic rings. The number of hydrogen-bond acceptors (Lipinski definition) is 5. The van der Waals surface area contributed by atoms with E-state index in [0.717, 1.165) is 11.1 Å². The molecule has 0 fully saturated rings. The van der Waals surface area contributed by atoms with Gasteiger partial charge in [-0.1, -0.05) is 11.6 Å². The summed E-state index contributed by atoms with van der Waals surface area (Å²) in [6, 6.07) is 10.6. The zero-order valence-corrected chi connectivity index (χ0v) is 16.5. The zero-order chi connectivity index (χ0) is 19.8. The van der Waals surface area contributed by atoms with E-state index >= 15 is 0 Å². The highest BCUT2D eigenvalue weighted by atomic mass is 35.5. The molecule has 2 aromatic carbocycles. The van der Waals surface area contributed by atoms with Crippen LogP contribution in [0.2, 0.25) is 5.02 Å². The van der Waals surface area contributed by atoms with Crippen molar-refractivity contribution in [1.82, 2.24) is 5.43 Å². The number of rotatable bonds is 8. The third kappa shape index (κ3) is 6.49. The maximum Gasteiger partial charge on any atom is 0.277 e. The van der Waals surface area contributed by atoms with E-state index in [4.69, 9.17) is 25.8 Å². The lowest BCUT2D eigenvalue weighted by molar-refractivity contribution is -0.123. The van der Waals surface area contributed by atoms with E-state index in [2.05, 4.69) is 10.5 Å². The van der Waals surface area contributed by atoms with Crippen molar-refractivity contribution in [3.63, 3.8) is 0 Å². The Morgan fingerprint density at radius 3 is 2.59 bits per heavy atom. The van der Waals surface area contributed by atoms with Gasteiger partial charge in [-0.25, -0.2) is 5.43 Å². The monoisotopic (exact) mass is 390 g/mol. The summed E-state index contributed by atoms with van der Waals surface area (Å²) < 4.78 is 16.4. The Bertz CT molecular complexity index is 822. The average molecular weight is 391 g/mol. The van der Waals surface area contributed by atoms with Gasteiger partial charge in [0.05, 0.1) is 19.4 Å². The van der Waals surface area contributed by atoms with Crippen molar-refractivity contribution in [1.29, 1.82) is 0 Å². The fourth-order valence-electron chi connectivity index (χ4n) is 2.24. The van der Waals surface area contributed by atoms with Crippen LogP contribution < -0.4 is 19.6 Å². The number of benzene rings is 2. The van der Waals surface area contributed by atoms with Gasteiger partial charge in [0.2, 0.25) is 0 Å². The molecule has 7 heteroatoms. The third-order valence-electron chi connectivity index (χ3n) is 3.45. The molecular weight excluding hydrogens is 368 g/mol. The lowest BCUT2D eigenvalue weighted by atomic mass is 10.2. The SMILES string of the molecule is COc1cc(/C=N/NC(=O)COc2ccc(Cl)cc2C)ccc1OC(C)C. The fraction of sp³-hybridized carbons (Fsp3) is 0.300. The number of nitrogens with zero attached hydrogens (tertiary/aromatic N) is 1. The molecule has 2 aromatic rings. The standard InChI is InChI=1S/C20H23ClN2O4/c1-13(2)27-18-7-5-15(10-19(18)25-4)11-22-23-20(24)12-26-17-8-6-16(21)9-14(17)3/h5-11,13H,12H2,1-4H3,(H,23,24)/b22-11+. The van der Waals surface area contributed by atoms with Gasteiger partial charge in [-0.05, 0) is 68.3 Å². The highest BCUT2D eigenvalue weighted by Gasteiger charge is 2.07. The summed E-state index contributed by atoms with van der Waals surface area (Å²) >= 11 is 5.89. The lowest BCUT2D eigenvalue weighted by Crippen LogP contribution is -2.24. The Morgan fingerprint density at radius 2 is 1.93 bits per heavy atom. The van der Waals surface area contributed by atoms with Crippen LogP contribution in [-0.2, 0) is 4.79 Å². The van der Waals surface area contributed by atoms with Crippen LogP contribution in [0.25, 0.3) is 0 Å². The van der Waals surface area contributed by atoms with Gasteiger partial charge in [0.15, 0.2) is 18.1 Å². The predicted octanol–water partition coefficient (Wildman–Crippen LogP) is 3.97. The van der Waals surface area contributed by atoms with Crippen LogP contribution in [0.4, 0.5) is 0 Å². The average Bonchev–Trinajstić information content (AvgIpc) is 2.61. The number of hydrogen-bond donors (Lipinski definition) is 1. The minimum absolute atomic E-state index is 0.0435. The smallest absolute Gasteiger partial charge is 0.277 e. The van der Waals surface area contributed by atoms with Crippen molar-refractivity contribution < 1.29 is 19.0 Å². The number of carbonyl (C=O) groups excluding carboxylic acids is 1. The first-order valence-corrected chi connectivity index (χ1v) is 8.82. The second kappa shape index (κ2) is 9.83. The van der Waals surface area contributed by atoms with Crippen molar-refractivity contribution in [2.24, 2.45) is 5.10 Å². The van der Waals surface area contributed by atoms with Gasteiger partial charge in [0.25, 0.3) is 5.91 Å². The summed E-state index contributed by atoms with van der Waals surface area (Å²) in [5, 5.41) is 4.55. The number of ether oxygens (including phenoxy) is 3. The van der Waals surface area contributed by atoms with Crippen molar-refractivity contribution in [2.45, 2.75) is 26.9 Å². The van der Waals surface area contributed by atoms with Gasteiger partial charge in [-0.2, -0.15) is 5.10 Å². The first kappa shape index (κ1) is 20.6. The molecule has 6 nitrogen and oxygen atoms in total. The normalized spacial score (nSPS) is 10.9. The number of methoxy groups -OCH3 is 1. The number of aryl methyl sites for hydroxylation is 1. The van der Waals surface area contributed by atoms with E-state index in [9.17, 15) is 4.79 Å². The second-order valence-corrected chi connectivity index (χ2v) is 6.51. The lowest BCUT2D eigenvalue weighted by Gasteiger charge is -2.13. The molecule has 0 heterocycles. The van der Waals surface area contributed by atoms with Crippen molar-refractivity contribution in [2.75, 3.05) is 13.7 Å². The predicted molar refractivity (Wildman–Crippen MR) is 106 cm³/mol. The van der Waals surface area contributed by atoms with Gasteiger partial charge >= 0.3 is 0 Å². The number of hydrazone groups is 1. The third-order valence-corrected chi connectivity index (χ3v) is 3.68. The van der Waals surface area contributed by atoms with E-state index in [-0.39, 0.29) is 18.6 Å². The minimum Gasteiger partial charge on any atom is -0.493 e. The summed E-state index contributed by atoms with van der Waals surface area (Å²) in [5.74, 6) is 1.48. The molecule has 144 valence electrons. The molecule has 0 atom stereocenters. The van der Waals surface area contributed by atoms with E-state index in [1.807, 2.05) is 26.8 Å². The van der Waals surface area contributed by atoms with Gasteiger partial charge in [-0.15, -0.1) is 0 Å². The van der Waals surface area contributed by atoms with E-state index in [1.54, 1.807) is 37.4 Å². The Balaban J connectivity index is 1.89. The quantitative estimate of drug-likeness (QED) is 0.547. The van der Waals surface area contributed by atoms with Crippen molar-refractivity contribution >= 4 is 23.7 Å². The summed E-state index contributed by atoms with van der Waals surface area (Å²) in [4.78, 5) is 11.9. The van der Waals surface area contributed by atoms with Crippen LogP contribution in [-0.4, -0.2) is 31.9 Å². The summed E-state index contributed by atoms with van der Waals surface area (Å²) in [5.41, 5.74) is 4.04. The molecule has 0 saturated heterocycles. The first-order valence-electron chi connectivity index (χ1n) is 8.44. The molecule has 1 N–H and O–H groups in total. The number of nitrogens with one attached hydrogen (secondary N) is 1. The maximum absolute atomic E-state index is 11.9. The molecule has 0 saturated carbocycles. The minimum atomic E-state index is -0.368. The first-order chi connectivity index (χ1) is 12.9. The largest absolute Gasteiger partial charge is 0.493 e. The topological polar surface area (TPSA) is 69.2 Å². The van der Waals surface area contributed by atoms with Crippen molar-refractivity contribution in [3.8, 4) is 17.2 Å². The Labute approximate surface area is 164 Å². The summed E-state index contributed by atoms with van der Waals surface area (Å²) in [7, 11) is 1.57. The van der Waals surface area contributed by atoms with E-state index in [0.29, 0.717) is 22.3 Å². The second-order valence-electron chi connectivity index (χ2n) is 6.07. The van der Waals surface area contributed by atoms with Crippen LogP contribution in [0.3, 0.4) is 0 Å². The molecular formula is C20H23ClN2O4. The fourth-order valence-corrected chi connectivity index (χ4v) is 2.47. The Hall–Kier alpha value is -2.73. The van der Waals surface area contributed by atoms with Crippen LogP contribution in [0, 0.1) is 6.92 Å². The van der Waals surface area contributed by atoms with E-state index < -0.39 is 0 Å². The molecule has 0 aliphatic carbocycles. The molecule has 0 aliphatic heterocycles. The van der Waals surface area contributed by atoms with Gasteiger partial charge in [0, 0.05) is 5.02 Å². The Kier molecular flexibility index (Phi) is 7.49. The maximum atomic E-state index is 11.9. The zero-order valence-electron chi connectivity index (χ0n) is 15.8. The molecule has 0 radical (unpaired) electrons. The summed E-state index contributed by atoms with van der Waals surface area (Å²) in [6.07, 6.45) is 1.56. The highest BCUT2D eigenvalue weighted by molar-refractivity contribution is 6.30. The molecule has 0 spiro atoms.